The Morgan fingerprint density at radius 2 is 1.95 bits per heavy atom. The average molecular weight is 255 g/mol. The molecule has 2 aromatic rings. The molecule has 1 aromatic carbocycles. The lowest BCUT2D eigenvalue weighted by Crippen LogP contribution is -2.32. The van der Waals surface area contributed by atoms with Gasteiger partial charge in [0.25, 0.3) is 5.91 Å². The molecule has 1 heterocycles. The predicted molar refractivity (Wildman–Crippen MR) is 73.3 cm³/mol. The van der Waals surface area contributed by atoms with Crippen molar-refractivity contribution in [3.63, 3.8) is 0 Å². The van der Waals surface area contributed by atoms with Crippen LogP contribution in [0.25, 0.3) is 5.69 Å². The van der Waals surface area contributed by atoms with Crippen molar-refractivity contribution in [3.05, 3.63) is 48.3 Å². The molecule has 1 fully saturated rings. The van der Waals surface area contributed by atoms with E-state index in [9.17, 15) is 4.79 Å². The summed E-state index contributed by atoms with van der Waals surface area (Å²) in [6.07, 6.45) is 8.02. The van der Waals surface area contributed by atoms with Crippen LogP contribution in [0.2, 0.25) is 0 Å². The van der Waals surface area contributed by atoms with Crippen molar-refractivity contribution in [2.24, 2.45) is 0 Å². The fourth-order valence-corrected chi connectivity index (χ4v) is 2.50. The van der Waals surface area contributed by atoms with Gasteiger partial charge in [-0.05, 0) is 25.0 Å². The first-order chi connectivity index (χ1) is 9.33. The van der Waals surface area contributed by atoms with Gasteiger partial charge in [-0.1, -0.05) is 31.0 Å². The first-order valence-corrected chi connectivity index (χ1v) is 6.74. The van der Waals surface area contributed by atoms with Gasteiger partial charge in [-0.25, -0.2) is 4.68 Å². The van der Waals surface area contributed by atoms with Crippen LogP contribution in [0.3, 0.4) is 0 Å². The molecule has 1 N–H and O–H groups in total. The maximum Gasteiger partial charge on any atom is 0.254 e. The van der Waals surface area contributed by atoms with Crippen molar-refractivity contribution >= 4 is 5.91 Å². The second-order valence-electron chi connectivity index (χ2n) is 4.96. The van der Waals surface area contributed by atoms with E-state index >= 15 is 0 Å². The van der Waals surface area contributed by atoms with Gasteiger partial charge in [-0.15, -0.1) is 0 Å². The molecular weight excluding hydrogens is 238 g/mol. The summed E-state index contributed by atoms with van der Waals surface area (Å²) < 4.78 is 1.73. The van der Waals surface area contributed by atoms with E-state index in [1.54, 1.807) is 17.1 Å². The zero-order valence-electron chi connectivity index (χ0n) is 10.7. The standard InChI is InChI=1S/C15H17N3O/c19-15(17-13-6-4-5-7-13)12-10-16-18(11-12)14-8-2-1-3-9-14/h1-3,8-11,13H,4-7H2,(H,17,19). The smallest absolute Gasteiger partial charge is 0.254 e. The number of hydrogen-bond donors (Lipinski definition) is 1. The molecule has 1 aromatic heterocycles. The molecule has 3 rings (SSSR count). The largest absolute Gasteiger partial charge is 0.349 e. The monoisotopic (exact) mass is 255 g/mol. The highest BCUT2D eigenvalue weighted by Gasteiger charge is 2.18. The second-order valence-corrected chi connectivity index (χ2v) is 4.96. The van der Waals surface area contributed by atoms with Crippen molar-refractivity contribution < 1.29 is 4.79 Å². The minimum absolute atomic E-state index is 0.0194. The molecule has 0 bridgehead atoms. The lowest BCUT2D eigenvalue weighted by atomic mass is 10.2. The number of rotatable bonds is 3. The third-order valence-corrected chi connectivity index (χ3v) is 3.56. The molecule has 0 spiro atoms. The third-order valence-electron chi connectivity index (χ3n) is 3.56. The fraction of sp³-hybridized carbons (Fsp3) is 0.333. The lowest BCUT2D eigenvalue weighted by molar-refractivity contribution is 0.0938. The third kappa shape index (κ3) is 2.67. The van der Waals surface area contributed by atoms with Crippen LogP contribution in [0.1, 0.15) is 36.0 Å². The van der Waals surface area contributed by atoms with Crippen LogP contribution in [-0.4, -0.2) is 21.7 Å². The van der Waals surface area contributed by atoms with Crippen molar-refractivity contribution in [1.29, 1.82) is 0 Å². The number of carbonyl (C=O) groups excluding carboxylic acids is 1. The second kappa shape index (κ2) is 5.26. The lowest BCUT2D eigenvalue weighted by Gasteiger charge is -2.10. The Balaban J connectivity index is 1.72. The summed E-state index contributed by atoms with van der Waals surface area (Å²) in [6, 6.07) is 10.1. The fourth-order valence-electron chi connectivity index (χ4n) is 2.50. The summed E-state index contributed by atoms with van der Waals surface area (Å²) in [6.45, 7) is 0. The number of nitrogens with one attached hydrogen (secondary N) is 1. The van der Waals surface area contributed by atoms with Crippen LogP contribution in [-0.2, 0) is 0 Å². The molecule has 4 nitrogen and oxygen atoms in total. The van der Waals surface area contributed by atoms with Gasteiger partial charge >= 0.3 is 0 Å². The molecule has 0 saturated heterocycles. The van der Waals surface area contributed by atoms with E-state index in [-0.39, 0.29) is 5.91 Å². The molecule has 4 heteroatoms. The van der Waals surface area contributed by atoms with E-state index < -0.39 is 0 Å². The van der Waals surface area contributed by atoms with Crippen molar-refractivity contribution in [2.75, 3.05) is 0 Å². The Kier molecular flexibility index (Phi) is 3.31. The maximum absolute atomic E-state index is 12.1. The van der Waals surface area contributed by atoms with Crippen LogP contribution in [0.4, 0.5) is 0 Å². The summed E-state index contributed by atoms with van der Waals surface area (Å²) in [5, 5.41) is 7.31. The highest BCUT2D eigenvalue weighted by molar-refractivity contribution is 5.94. The summed E-state index contributed by atoms with van der Waals surface area (Å²) >= 11 is 0. The molecule has 0 radical (unpaired) electrons. The molecule has 19 heavy (non-hydrogen) atoms. The topological polar surface area (TPSA) is 46.9 Å². The van der Waals surface area contributed by atoms with Gasteiger partial charge in [0.1, 0.15) is 0 Å². The first-order valence-electron chi connectivity index (χ1n) is 6.74. The van der Waals surface area contributed by atoms with Gasteiger partial charge < -0.3 is 5.32 Å². The van der Waals surface area contributed by atoms with Crippen molar-refractivity contribution in [3.8, 4) is 5.69 Å². The predicted octanol–water partition coefficient (Wildman–Crippen LogP) is 2.54. The summed E-state index contributed by atoms with van der Waals surface area (Å²) in [4.78, 5) is 12.1. The van der Waals surface area contributed by atoms with E-state index in [1.807, 2.05) is 30.3 Å². The number of hydrogen-bond acceptors (Lipinski definition) is 2. The van der Waals surface area contributed by atoms with E-state index in [4.69, 9.17) is 0 Å². The molecule has 0 atom stereocenters. The highest BCUT2D eigenvalue weighted by Crippen LogP contribution is 2.18. The molecular formula is C15H17N3O. The minimum Gasteiger partial charge on any atom is -0.349 e. The van der Waals surface area contributed by atoms with Gasteiger partial charge in [0.05, 0.1) is 17.4 Å². The van der Waals surface area contributed by atoms with Crippen LogP contribution < -0.4 is 5.32 Å². The minimum atomic E-state index is -0.0194. The van der Waals surface area contributed by atoms with Crippen molar-refractivity contribution in [2.45, 2.75) is 31.7 Å². The Morgan fingerprint density at radius 3 is 2.68 bits per heavy atom. The summed E-state index contributed by atoms with van der Waals surface area (Å²) in [7, 11) is 0. The summed E-state index contributed by atoms with van der Waals surface area (Å²) in [5.41, 5.74) is 1.58. The number of aromatic nitrogens is 2. The van der Waals surface area contributed by atoms with E-state index in [0.717, 1.165) is 18.5 Å². The Hall–Kier alpha value is -2.10. The normalized spacial score (nSPS) is 15.6. The molecule has 1 aliphatic carbocycles. The number of benzene rings is 1. The molecule has 1 saturated carbocycles. The van der Waals surface area contributed by atoms with Gasteiger partial charge in [0, 0.05) is 12.2 Å². The van der Waals surface area contributed by atoms with E-state index in [1.165, 1.54) is 12.8 Å². The average Bonchev–Trinajstić information content (AvgIpc) is 3.10. The molecule has 1 aliphatic rings. The highest BCUT2D eigenvalue weighted by atomic mass is 16.1. The van der Waals surface area contributed by atoms with Crippen molar-refractivity contribution in [1.82, 2.24) is 15.1 Å². The summed E-state index contributed by atoms with van der Waals surface area (Å²) in [5.74, 6) is -0.0194. The van der Waals surface area contributed by atoms with Crippen LogP contribution in [0.15, 0.2) is 42.7 Å². The van der Waals surface area contributed by atoms with Crippen LogP contribution >= 0.6 is 0 Å². The SMILES string of the molecule is O=C(NC1CCCC1)c1cnn(-c2ccccc2)c1. The van der Waals surface area contributed by atoms with Crippen LogP contribution in [0.5, 0.6) is 0 Å². The number of carbonyl (C=O) groups is 1. The zero-order chi connectivity index (χ0) is 13.1. The van der Waals surface area contributed by atoms with Gasteiger partial charge in [0.15, 0.2) is 0 Å². The van der Waals surface area contributed by atoms with Gasteiger partial charge in [-0.3, -0.25) is 4.79 Å². The molecule has 0 aliphatic heterocycles. The number of para-hydroxylation sites is 1. The zero-order valence-corrected chi connectivity index (χ0v) is 10.7. The van der Waals surface area contributed by atoms with E-state index in [2.05, 4.69) is 10.4 Å². The molecule has 98 valence electrons. The van der Waals surface area contributed by atoms with E-state index in [0.29, 0.717) is 11.6 Å². The Bertz CT molecular complexity index is 556. The van der Waals surface area contributed by atoms with Gasteiger partial charge in [-0.2, -0.15) is 5.10 Å². The van der Waals surface area contributed by atoms with Crippen LogP contribution in [0, 0.1) is 0 Å². The quantitative estimate of drug-likeness (QED) is 0.916. The Labute approximate surface area is 112 Å². The number of nitrogens with zero attached hydrogens (tertiary/aromatic N) is 2. The Morgan fingerprint density at radius 1 is 1.21 bits per heavy atom. The maximum atomic E-state index is 12.1. The molecule has 0 unspecified atom stereocenters. The number of amides is 1. The first kappa shape index (κ1) is 12.0. The van der Waals surface area contributed by atoms with Gasteiger partial charge in [0.2, 0.25) is 0 Å². The molecule has 1 amide bonds.